The number of allylic oxidation sites excluding steroid dienone is 3. The fourth-order valence-corrected chi connectivity index (χ4v) is 2.64. The van der Waals surface area contributed by atoms with Gasteiger partial charge in [0.25, 0.3) is 0 Å². The molecule has 0 fully saturated rings. The zero-order chi connectivity index (χ0) is 19.5. The summed E-state index contributed by atoms with van der Waals surface area (Å²) in [5.74, 6) is -0.0399. The molecule has 1 aromatic heterocycles. The molecule has 1 heterocycles. The number of rotatable bonds is 8. The van der Waals surface area contributed by atoms with Gasteiger partial charge in [-0.1, -0.05) is 37.9 Å². The summed E-state index contributed by atoms with van der Waals surface area (Å²) in [6.45, 7) is 10.9. The first-order valence-electron chi connectivity index (χ1n) is 7.77. The Kier molecular flexibility index (Phi) is 8.86. The van der Waals surface area contributed by atoms with Gasteiger partial charge in [-0.2, -0.15) is 4.99 Å². The second-order valence-electron chi connectivity index (χ2n) is 5.07. The first-order valence-corrected chi connectivity index (χ1v) is 8.58. The Balaban J connectivity index is 2.82. The monoisotopic (exact) mass is 374 g/mol. The third-order valence-corrected chi connectivity index (χ3v) is 3.74. The van der Waals surface area contributed by atoms with E-state index in [9.17, 15) is 4.39 Å². The maximum absolute atomic E-state index is 14.6. The first kappa shape index (κ1) is 21.2. The molecular weight excluding hydrogens is 351 g/mol. The highest BCUT2D eigenvalue weighted by molar-refractivity contribution is 8.03. The van der Waals surface area contributed by atoms with Crippen LogP contribution in [0, 0.1) is 0 Å². The molecule has 1 rings (SSSR count). The fraction of sp³-hybridized carbons (Fsp3) is 0.167. The molecule has 1 aromatic rings. The number of aromatic nitrogens is 1. The maximum atomic E-state index is 14.6. The summed E-state index contributed by atoms with van der Waals surface area (Å²) in [6.07, 6.45) is 7.08. The van der Waals surface area contributed by atoms with Crippen LogP contribution in [-0.2, 0) is 0 Å². The number of hydrogen-bond donors (Lipinski definition) is 3. The molecule has 0 radical (unpaired) electrons. The Labute approximate surface area is 157 Å². The third kappa shape index (κ3) is 8.29. The third-order valence-electron chi connectivity index (χ3n) is 2.65. The van der Waals surface area contributed by atoms with Crippen molar-refractivity contribution in [3.8, 4) is 0 Å². The Morgan fingerprint density at radius 2 is 1.96 bits per heavy atom. The molecule has 6 nitrogen and oxygen atoms in total. The number of hydrogen-bond acceptors (Lipinski definition) is 4. The standard InChI is InChI=1S/C18H23FN6S/c1-5-6-17(26-15-7-9-22-10-8-15)16(19)11-12(2)23-14(4)25-18(21)24-13(3)20/h6-11,23H,2,4-5H2,1,3H3,(H4,20,21,24,25)/b16-11+,17-6+. The number of aliphatic imine (C=N–C) groups is 2. The van der Waals surface area contributed by atoms with Gasteiger partial charge < -0.3 is 16.8 Å². The number of nitrogens with two attached hydrogens (primary N) is 2. The second-order valence-corrected chi connectivity index (χ2v) is 6.19. The number of guanidine groups is 1. The lowest BCUT2D eigenvalue weighted by Gasteiger charge is -2.08. The molecule has 0 aliphatic heterocycles. The van der Waals surface area contributed by atoms with E-state index in [0.29, 0.717) is 11.3 Å². The van der Waals surface area contributed by atoms with Crippen LogP contribution in [0.2, 0.25) is 0 Å². The number of pyridine rings is 1. The van der Waals surface area contributed by atoms with Gasteiger partial charge in [-0.25, -0.2) is 9.38 Å². The van der Waals surface area contributed by atoms with Crippen molar-refractivity contribution in [1.82, 2.24) is 10.3 Å². The summed E-state index contributed by atoms with van der Waals surface area (Å²) in [5, 5.41) is 2.75. The molecule has 26 heavy (non-hydrogen) atoms. The number of thioether (sulfide) groups is 1. The number of amidine groups is 1. The molecular formula is C18H23FN6S. The number of halogens is 1. The van der Waals surface area contributed by atoms with Crippen LogP contribution in [0.15, 0.2) is 87.0 Å². The Bertz CT molecular complexity index is 761. The van der Waals surface area contributed by atoms with Crippen LogP contribution < -0.4 is 16.8 Å². The summed E-state index contributed by atoms with van der Waals surface area (Å²) >= 11 is 1.31. The molecule has 0 spiro atoms. The molecule has 0 aliphatic rings. The number of nitrogens with one attached hydrogen (secondary N) is 1. The van der Waals surface area contributed by atoms with Crippen molar-refractivity contribution in [1.29, 1.82) is 0 Å². The van der Waals surface area contributed by atoms with Gasteiger partial charge in [0.15, 0.2) is 0 Å². The highest BCUT2D eigenvalue weighted by atomic mass is 32.2. The quantitative estimate of drug-likeness (QED) is 0.279. The molecule has 0 unspecified atom stereocenters. The molecule has 0 saturated heterocycles. The van der Waals surface area contributed by atoms with Gasteiger partial charge in [0.1, 0.15) is 11.6 Å². The predicted molar refractivity (Wildman–Crippen MR) is 108 cm³/mol. The minimum Gasteiger partial charge on any atom is -0.387 e. The van der Waals surface area contributed by atoms with Gasteiger partial charge in [0.2, 0.25) is 5.96 Å². The molecule has 0 amide bonds. The normalized spacial score (nSPS) is 13.5. The van der Waals surface area contributed by atoms with Gasteiger partial charge in [-0.3, -0.25) is 4.98 Å². The lowest BCUT2D eigenvalue weighted by molar-refractivity contribution is 0.659. The maximum Gasteiger partial charge on any atom is 0.223 e. The van der Waals surface area contributed by atoms with E-state index in [1.807, 2.05) is 19.1 Å². The Morgan fingerprint density at radius 3 is 2.54 bits per heavy atom. The van der Waals surface area contributed by atoms with Gasteiger partial charge in [0.05, 0.1) is 5.84 Å². The van der Waals surface area contributed by atoms with Gasteiger partial charge >= 0.3 is 0 Å². The van der Waals surface area contributed by atoms with Gasteiger partial charge in [-0.05, 0) is 31.6 Å². The van der Waals surface area contributed by atoms with Crippen LogP contribution in [0.1, 0.15) is 20.3 Å². The SMILES string of the molecule is C=C(/C=C(F)\C(=C/CC)Sc1ccncc1)NC(=C)/N=C(N)\N=C(/C)N. The van der Waals surface area contributed by atoms with E-state index >= 15 is 0 Å². The van der Waals surface area contributed by atoms with Crippen molar-refractivity contribution in [3.63, 3.8) is 0 Å². The van der Waals surface area contributed by atoms with E-state index in [1.54, 1.807) is 25.4 Å². The smallest absolute Gasteiger partial charge is 0.223 e. The van der Waals surface area contributed by atoms with Gasteiger partial charge in [0, 0.05) is 27.9 Å². The lowest BCUT2D eigenvalue weighted by Crippen LogP contribution is -2.18. The van der Waals surface area contributed by atoms with Crippen LogP contribution in [0.5, 0.6) is 0 Å². The van der Waals surface area contributed by atoms with E-state index in [2.05, 4.69) is 33.4 Å². The molecule has 8 heteroatoms. The average Bonchev–Trinajstić information content (AvgIpc) is 2.54. The fourth-order valence-electron chi connectivity index (χ4n) is 1.72. The van der Waals surface area contributed by atoms with Crippen molar-refractivity contribution < 1.29 is 4.39 Å². The minimum atomic E-state index is -0.424. The largest absolute Gasteiger partial charge is 0.387 e. The van der Waals surface area contributed by atoms with Crippen LogP contribution in [-0.4, -0.2) is 16.8 Å². The van der Waals surface area contributed by atoms with E-state index in [1.165, 1.54) is 17.8 Å². The molecule has 0 aliphatic carbocycles. The Hall–Kier alpha value is -2.87. The predicted octanol–water partition coefficient (Wildman–Crippen LogP) is 3.59. The van der Waals surface area contributed by atoms with E-state index in [0.717, 1.165) is 4.90 Å². The summed E-state index contributed by atoms with van der Waals surface area (Å²) in [4.78, 5) is 13.0. The zero-order valence-electron chi connectivity index (χ0n) is 14.9. The highest BCUT2D eigenvalue weighted by Gasteiger charge is 2.08. The van der Waals surface area contributed by atoms with Crippen molar-refractivity contribution in [3.05, 3.63) is 72.1 Å². The summed E-state index contributed by atoms with van der Waals surface area (Å²) < 4.78 is 14.6. The van der Waals surface area contributed by atoms with Crippen LogP contribution in [0.3, 0.4) is 0 Å². The molecule has 0 bridgehead atoms. The minimum absolute atomic E-state index is 0.0560. The molecule has 0 saturated carbocycles. The molecule has 5 N–H and O–H groups in total. The summed E-state index contributed by atoms with van der Waals surface area (Å²) in [5.41, 5.74) is 11.3. The molecule has 0 atom stereocenters. The topological polar surface area (TPSA) is 102 Å². The van der Waals surface area contributed by atoms with Crippen LogP contribution in [0.25, 0.3) is 0 Å². The van der Waals surface area contributed by atoms with E-state index in [4.69, 9.17) is 11.5 Å². The number of nitrogens with zero attached hydrogens (tertiary/aromatic N) is 3. The average molecular weight is 374 g/mol. The van der Waals surface area contributed by atoms with E-state index < -0.39 is 5.83 Å². The zero-order valence-corrected chi connectivity index (χ0v) is 15.7. The highest BCUT2D eigenvalue weighted by Crippen LogP contribution is 2.32. The van der Waals surface area contributed by atoms with Crippen LogP contribution >= 0.6 is 11.8 Å². The van der Waals surface area contributed by atoms with Crippen molar-refractivity contribution in [2.24, 2.45) is 21.5 Å². The van der Waals surface area contributed by atoms with Gasteiger partial charge in [-0.15, -0.1) is 0 Å². The first-order chi connectivity index (χ1) is 12.3. The van der Waals surface area contributed by atoms with E-state index in [-0.39, 0.29) is 23.3 Å². The summed E-state index contributed by atoms with van der Waals surface area (Å²) in [7, 11) is 0. The van der Waals surface area contributed by atoms with Crippen molar-refractivity contribution in [2.75, 3.05) is 0 Å². The Morgan fingerprint density at radius 1 is 1.31 bits per heavy atom. The van der Waals surface area contributed by atoms with Crippen LogP contribution in [0.4, 0.5) is 4.39 Å². The molecule has 0 aromatic carbocycles. The lowest BCUT2D eigenvalue weighted by atomic mass is 10.3. The van der Waals surface area contributed by atoms with Crippen molar-refractivity contribution in [2.45, 2.75) is 25.2 Å². The molecule has 138 valence electrons. The van der Waals surface area contributed by atoms with Crippen molar-refractivity contribution >= 4 is 23.6 Å². The summed E-state index contributed by atoms with van der Waals surface area (Å²) in [6, 6.07) is 3.63. The second kappa shape index (κ2) is 10.9.